The summed E-state index contributed by atoms with van der Waals surface area (Å²) in [6, 6.07) is 12.3. The number of rotatable bonds is 6. The Morgan fingerprint density at radius 3 is 2.68 bits per heavy atom. The molecule has 2 heterocycles. The molecule has 0 unspecified atom stereocenters. The maximum Gasteiger partial charge on any atom is 0.275 e. The molecule has 3 N–H and O–H groups in total. The van der Waals surface area contributed by atoms with Gasteiger partial charge in [0.25, 0.3) is 5.91 Å². The molecule has 7 heteroatoms. The fraction of sp³-hybridized carbons (Fsp3) is 0.389. The number of aryl methyl sites for hydroxylation is 1. The molecule has 2 atom stereocenters. The van der Waals surface area contributed by atoms with Crippen molar-refractivity contribution in [2.24, 2.45) is 0 Å². The standard InChI is InChI=1S/C18H22N2O3S2/c1-13-4-6-14(7-5-13)18(16-3-2-9-24-16)19-11-17(21)20-15-8-10-25(22,23)12-15/h2-7,9,15,18-19H,8,10-12H2,1H3,(H,20,21)/p+1/t15-,18-/m0/s1. The predicted molar refractivity (Wildman–Crippen MR) is 99.3 cm³/mol. The minimum absolute atomic E-state index is 0.0606. The van der Waals surface area contributed by atoms with Crippen molar-refractivity contribution in [3.63, 3.8) is 0 Å². The number of carbonyl (C=O) groups excluding carboxylic acids is 1. The summed E-state index contributed by atoms with van der Waals surface area (Å²) in [6.07, 6.45) is 0.514. The Morgan fingerprint density at radius 1 is 1.32 bits per heavy atom. The van der Waals surface area contributed by atoms with Gasteiger partial charge in [0.2, 0.25) is 0 Å². The van der Waals surface area contributed by atoms with Crippen LogP contribution in [-0.4, -0.2) is 38.4 Å². The Labute approximate surface area is 152 Å². The van der Waals surface area contributed by atoms with Crippen molar-refractivity contribution in [3.05, 3.63) is 57.8 Å². The van der Waals surface area contributed by atoms with Crippen LogP contribution in [0.4, 0.5) is 0 Å². The molecule has 0 aliphatic carbocycles. The lowest BCUT2D eigenvalue weighted by atomic mass is 10.0. The molecule has 3 rings (SSSR count). The molecule has 1 amide bonds. The highest BCUT2D eigenvalue weighted by Gasteiger charge is 2.29. The molecule has 0 saturated carbocycles. The van der Waals surface area contributed by atoms with Gasteiger partial charge < -0.3 is 10.6 Å². The van der Waals surface area contributed by atoms with Gasteiger partial charge in [-0.3, -0.25) is 4.79 Å². The number of sulfone groups is 1. The molecule has 25 heavy (non-hydrogen) atoms. The molecule has 1 aromatic carbocycles. The first kappa shape index (κ1) is 18.1. The summed E-state index contributed by atoms with van der Waals surface area (Å²) in [7, 11) is -2.98. The minimum Gasteiger partial charge on any atom is -0.347 e. The van der Waals surface area contributed by atoms with E-state index < -0.39 is 9.84 Å². The zero-order chi connectivity index (χ0) is 17.9. The zero-order valence-electron chi connectivity index (χ0n) is 14.1. The number of carbonyl (C=O) groups is 1. The van der Waals surface area contributed by atoms with E-state index in [1.54, 1.807) is 11.3 Å². The van der Waals surface area contributed by atoms with E-state index in [0.717, 1.165) is 5.56 Å². The Kier molecular flexibility index (Phi) is 5.56. The third kappa shape index (κ3) is 4.90. The monoisotopic (exact) mass is 379 g/mol. The summed E-state index contributed by atoms with van der Waals surface area (Å²) in [5, 5.41) is 6.89. The average Bonchev–Trinajstić information content (AvgIpc) is 3.19. The number of nitrogens with one attached hydrogen (secondary N) is 1. The van der Waals surface area contributed by atoms with Crippen LogP contribution in [0, 0.1) is 6.92 Å². The zero-order valence-corrected chi connectivity index (χ0v) is 15.8. The first-order valence-electron chi connectivity index (χ1n) is 8.36. The lowest BCUT2D eigenvalue weighted by Gasteiger charge is -2.16. The number of hydrogen-bond donors (Lipinski definition) is 2. The summed E-state index contributed by atoms with van der Waals surface area (Å²) in [5.41, 5.74) is 2.36. The van der Waals surface area contributed by atoms with Crippen LogP contribution in [-0.2, 0) is 14.6 Å². The average molecular weight is 380 g/mol. The smallest absolute Gasteiger partial charge is 0.275 e. The van der Waals surface area contributed by atoms with Crippen LogP contribution in [0.3, 0.4) is 0 Å². The molecular weight excluding hydrogens is 356 g/mol. The highest BCUT2D eigenvalue weighted by atomic mass is 32.2. The summed E-state index contributed by atoms with van der Waals surface area (Å²) < 4.78 is 23.0. The molecule has 1 aliphatic heterocycles. The number of amides is 1. The second-order valence-electron chi connectivity index (χ2n) is 6.51. The normalized spacial score (nSPS) is 20.3. The number of benzene rings is 1. The highest BCUT2D eigenvalue weighted by Crippen LogP contribution is 2.23. The van der Waals surface area contributed by atoms with Crippen molar-refractivity contribution >= 4 is 27.1 Å². The summed E-state index contributed by atoms with van der Waals surface area (Å²) >= 11 is 1.67. The molecule has 1 aromatic heterocycles. The number of hydrogen-bond acceptors (Lipinski definition) is 4. The van der Waals surface area contributed by atoms with Gasteiger partial charge in [-0.05, 0) is 24.8 Å². The van der Waals surface area contributed by atoms with Crippen molar-refractivity contribution in [3.8, 4) is 0 Å². The topological polar surface area (TPSA) is 79.8 Å². The van der Waals surface area contributed by atoms with E-state index in [9.17, 15) is 13.2 Å². The Morgan fingerprint density at radius 2 is 2.08 bits per heavy atom. The highest BCUT2D eigenvalue weighted by molar-refractivity contribution is 7.91. The number of thiophene rings is 1. The first-order valence-corrected chi connectivity index (χ1v) is 11.1. The molecule has 134 valence electrons. The maximum absolute atomic E-state index is 12.2. The Hall–Kier alpha value is -1.70. The quantitative estimate of drug-likeness (QED) is 0.786. The maximum atomic E-state index is 12.2. The molecule has 0 radical (unpaired) electrons. The first-order chi connectivity index (χ1) is 11.9. The lowest BCUT2D eigenvalue weighted by Crippen LogP contribution is -2.87. The van der Waals surface area contributed by atoms with Gasteiger partial charge in [-0.15, -0.1) is 11.3 Å². The van der Waals surface area contributed by atoms with E-state index in [-0.39, 0.29) is 36.0 Å². The van der Waals surface area contributed by atoms with Gasteiger partial charge in [0.05, 0.1) is 16.4 Å². The molecule has 5 nitrogen and oxygen atoms in total. The molecule has 1 saturated heterocycles. The molecule has 1 aliphatic rings. The van der Waals surface area contributed by atoms with Crippen molar-refractivity contribution in [2.45, 2.75) is 25.4 Å². The van der Waals surface area contributed by atoms with Gasteiger partial charge in [-0.25, -0.2) is 8.42 Å². The lowest BCUT2D eigenvalue weighted by molar-refractivity contribution is -0.676. The van der Waals surface area contributed by atoms with Crippen molar-refractivity contribution in [1.82, 2.24) is 5.32 Å². The number of quaternary nitrogens is 1. The summed E-state index contributed by atoms with van der Waals surface area (Å²) in [4.78, 5) is 13.4. The van der Waals surface area contributed by atoms with Gasteiger partial charge in [0.1, 0.15) is 6.04 Å². The molecule has 0 bridgehead atoms. The van der Waals surface area contributed by atoms with E-state index in [0.29, 0.717) is 6.42 Å². The van der Waals surface area contributed by atoms with Crippen LogP contribution in [0.5, 0.6) is 0 Å². The van der Waals surface area contributed by atoms with Crippen LogP contribution in [0.25, 0.3) is 0 Å². The number of nitrogens with two attached hydrogens (primary N) is 1. The van der Waals surface area contributed by atoms with Crippen LogP contribution in [0.2, 0.25) is 0 Å². The van der Waals surface area contributed by atoms with Gasteiger partial charge in [-0.2, -0.15) is 0 Å². The van der Waals surface area contributed by atoms with Crippen molar-refractivity contribution in [1.29, 1.82) is 0 Å². The largest absolute Gasteiger partial charge is 0.347 e. The summed E-state index contributed by atoms with van der Waals surface area (Å²) in [5.74, 6) is 0.115. The van der Waals surface area contributed by atoms with Crippen molar-refractivity contribution < 1.29 is 18.5 Å². The molecule has 0 spiro atoms. The van der Waals surface area contributed by atoms with E-state index in [4.69, 9.17) is 0 Å². The van der Waals surface area contributed by atoms with Crippen LogP contribution in [0.15, 0.2) is 41.8 Å². The third-order valence-electron chi connectivity index (χ3n) is 4.42. The van der Waals surface area contributed by atoms with E-state index in [1.165, 1.54) is 10.4 Å². The van der Waals surface area contributed by atoms with Gasteiger partial charge in [0.15, 0.2) is 16.4 Å². The van der Waals surface area contributed by atoms with E-state index >= 15 is 0 Å². The Bertz CT molecular complexity index is 815. The van der Waals surface area contributed by atoms with Crippen molar-refractivity contribution in [2.75, 3.05) is 18.1 Å². The Balaban J connectivity index is 1.63. The fourth-order valence-corrected chi connectivity index (χ4v) is 5.60. The molecule has 2 aromatic rings. The fourth-order valence-electron chi connectivity index (χ4n) is 3.08. The van der Waals surface area contributed by atoms with Crippen LogP contribution >= 0.6 is 11.3 Å². The van der Waals surface area contributed by atoms with E-state index in [1.807, 2.05) is 16.8 Å². The predicted octanol–water partition coefficient (Wildman–Crippen LogP) is 1.01. The summed E-state index contributed by atoms with van der Waals surface area (Å²) in [6.45, 7) is 2.32. The van der Waals surface area contributed by atoms with E-state index in [2.05, 4.69) is 42.6 Å². The van der Waals surface area contributed by atoms with Gasteiger partial charge >= 0.3 is 0 Å². The molecular formula is C18H23N2O3S2+. The van der Waals surface area contributed by atoms with Gasteiger partial charge in [0, 0.05) is 11.6 Å². The SMILES string of the molecule is Cc1ccc([C@H]([NH2+]CC(=O)N[C@H]2CCS(=O)(=O)C2)c2cccs2)cc1. The minimum atomic E-state index is -2.98. The third-order valence-corrected chi connectivity index (χ3v) is 7.15. The second-order valence-corrected chi connectivity index (χ2v) is 9.72. The van der Waals surface area contributed by atoms with Crippen LogP contribution < -0.4 is 10.6 Å². The van der Waals surface area contributed by atoms with Crippen LogP contribution in [0.1, 0.15) is 28.5 Å². The molecule has 1 fully saturated rings. The second kappa shape index (κ2) is 7.68. The van der Waals surface area contributed by atoms with Gasteiger partial charge in [-0.1, -0.05) is 35.9 Å².